The fourth-order valence-corrected chi connectivity index (χ4v) is 13.4. The Bertz CT molecular complexity index is 1870. The van der Waals surface area contributed by atoms with E-state index in [0.717, 1.165) is 27.7 Å². The Morgan fingerprint density at radius 3 is 2.12 bits per heavy atom. The summed E-state index contributed by atoms with van der Waals surface area (Å²) in [7, 11) is -2.38. The Labute approximate surface area is 364 Å². The molecule has 0 aromatic heterocycles. The number of benzene rings is 3. The predicted octanol–water partition coefficient (Wildman–Crippen LogP) is 10.5. The van der Waals surface area contributed by atoms with Crippen LogP contribution in [0.15, 0.2) is 65.1 Å². The maximum atomic E-state index is 13.9. The minimum atomic E-state index is -2.38. The van der Waals surface area contributed by atoms with E-state index in [9.17, 15) is 28.9 Å². The van der Waals surface area contributed by atoms with Crippen LogP contribution in [0.2, 0.25) is 16.6 Å². The van der Waals surface area contributed by atoms with E-state index in [4.69, 9.17) is 13.9 Å². The first-order valence-corrected chi connectivity index (χ1v) is 23.8. The number of nitro groups is 1. The minimum absolute atomic E-state index is 0.0139. The van der Waals surface area contributed by atoms with E-state index in [1.54, 1.807) is 20.8 Å². The number of alkyl carbamates (subject to hydrolysis) is 1. The number of nitro benzene ring substituents is 1. The summed E-state index contributed by atoms with van der Waals surface area (Å²) in [4.78, 5) is 49.0. The highest BCUT2D eigenvalue weighted by Crippen LogP contribution is 2.47. The number of amides is 3. The van der Waals surface area contributed by atoms with Gasteiger partial charge in [0.15, 0.2) is 5.75 Å². The average Bonchev–Trinajstić information content (AvgIpc) is 3.15. The molecular formula is C45H64BrFN4O8Si. The standard InChI is InChI=1S/C45H64BrFN4O8Si/c1-30(2)60(31(3)4,32(5)6)59-40-27-35(25-37(46)43(40)57-29-34-15-11-10-12-16-34)22-24-48-42(53)28-36(17-13-14-23-49-44(54)58-45(7,8)9)50-41(52)21-19-33-18-20-38(47)39(26-33)51(55)56/h10-12,15-16,18,20,25-27,30-32,36H,13-14,17,19,21-24,28-29H2,1-9H3,(H,48,53)(H,49,54)(H,50,52)/t36-/m0/s1. The maximum absolute atomic E-state index is 13.9. The van der Waals surface area contributed by atoms with Crippen LogP contribution in [0.1, 0.15) is 111 Å². The van der Waals surface area contributed by atoms with Gasteiger partial charge in [-0.25, -0.2) is 4.79 Å². The fourth-order valence-electron chi connectivity index (χ4n) is 7.55. The van der Waals surface area contributed by atoms with Crippen molar-refractivity contribution >= 4 is 47.8 Å². The smallest absolute Gasteiger partial charge is 0.407 e. The molecular weight excluding hydrogens is 852 g/mol. The zero-order valence-corrected chi connectivity index (χ0v) is 39.2. The molecule has 3 amide bonds. The van der Waals surface area contributed by atoms with Crippen molar-refractivity contribution in [3.05, 3.63) is 97.8 Å². The predicted molar refractivity (Wildman–Crippen MR) is 239 cm³/mol. The van der Waals surface area contributed by atoms with Gasteiger partial charge in [-0.15, -0.1) is 0 Å². The number of unbranched alkanes of at least 4 members (excludes halogenated alkanes) is 1. The molecule has 0 bridgehead atoms. The number of rotatable bonds is 23. The van der Waals surface area contributed by atoms with E-state index < -0.39 is 42.5 Å². The van der Waals surface area contributed by atoms with Crippen molar-refractivity contribution < 1.29 is 37.6 Å². The molecule has 3 aromatic carbocycles. The lowest BCUT2D eigenvalue weighted by Gasteiger charge is -2.42. The number of aryl methyl sites for hydroxylation is 1. The summed E-state index contributed by atoms with van der Waals surface area (Å²) in [5, 5.41) is 19.9. The van der Waals surface area contributed by atoms with E-state index in [-0.39, 0.29) is 31.1 Å². The number of carbonyl (C=O) groups excluding carboxylic acids is 3. The number of ether oxygens (including phenoxy) is 2. The number of hydrogen-bond donors (Lipinski definition) is 3. The Balaban J connectivity index is 1.72. The molecule has 1 atom stereocenters. The zero-order chi connectivity index (χ0) is 44.6. The van der Waals surface area contributed by atoms with Crippen LogP contribution in [0, 0.1) is 15.9 Å². The molecule has 3 rings (SSSR count). The van der Waals surface area contributed by atoms with Crippen molar-refractivity contribution in [3.63, 3.8) is 0 Å². The van der Waals surface area contributed by atoms with Crippen LogP contribution in [0.3, 0.4) is 0 Å². The van der Waals surface area contributed by atoms with E-state index in [1.807, 2.05) is 42.5 Å². The second-order valence-electron chi connectivity index (χ2n) is 17.1. The van der Waals surface area contributed by atoms with Crippen molar-refractivity contribution in [2.24, 2.45) is 0 Å². The summed E-state index contributed by atoms with van der Waals surface area (Å²) in [6.45, 7) is 19.8. The highest BCUT2D eigenvalue weighted by atomic mass is 79.9. The number of nitrogens with zero attached hydrogens (tertiary/aromatic N) is 1. The third-order valence-corrected chi connectivity index (χ3v) is 16.9. The molecule has 0 fully saturated rings. The lowest BCUT2D eigenvalue weighted by atomic mass is 10.0. The zero-order valence-electron chi connectivity index (χ0n) is 36.6. The van der Waals surface area contributed by atoms with Gasteiger partial charge in [-0.2, -0.15) is 4.39 Å². The molecule has 0 radical (unpaired) electrons. The molecule has 0 aliphatic heterocycles. The summed E-state index contributed by atoms with van der Waals surface area (Å²) < 4.78 is 33.5. The van der Waals surface area contributed by atoms with E-state index in [1.165, 1.54) is 6.07 Å². The normalized spacial score (nSPS) is 12.3. The summed E-state index contributed by atoms with van der Waals surface area (Å²) in [6.07, 6.45) is 1.79. The number of hydrogen-bond acceptors (Lipinski definition) is 8. The molecule has 0 saturated carbocycles. The summed E-state index contributed by atoms with van der Waals surface area (Å²) in [5.41, 5.74) is 2.16. The van der Waals surface area contributed by atoms with Gasteiger partial charge in [0.05, 0.1) is 9.40 Å². The van der Waals surface area contributed by atoms with Crippen LogP contribution >= 0.6 is 15.9 Å². The topological polar surface area (TPSA) is 158 Å². The van der Waals surface area contributed by atoms with Crippen LogP contribution in [0.25, 0.3) is 0 Å². The van der Waals surface area contributed by atoms with Crippen molar-refractivity contribution in [2.75, 3.05) is 13.1 Å². The first-order valence-electron chi connectivity index (χ1n) is 20.9. The van der Waals surface area contributed by atoms with Crippen LogP contribution < -0.4 is 25.1 Å². The van der Waals surface area contributed by atoms with Gasteiger partial charge in [0.1, 0.15) is 18.0 Å². The molecule has 0 saturated heterocycles. The highest BCUT2D eigenvalue weighted by molar-refractivity contribution is 9.10. The second-order valence-corrected chi connectivity index (χ2v) is 23.4. The Kier molecular flexibility index (Phi) is 19.5. The first-order chi connectivity index (χ1) is 28.2. The van der Waals surface area contributed by atoms with Gasteiger partial charge < -0.3 is 29.9 Å². The molecule has 60 heavy (non-hydrogen) atoms. The van der Waals surface area contributed by atoms with Gasteiger partial charge in [0, 0.05) is 38.0 Å². The minimum Gasteiger partial charge on any atom is -0.540 e. The largest absolute Gasteiger partial charge is 0.540 e. The quantitative estimate of drug-likeness (QED) is 0.0367. The molecule has 12 nitrogen and oxygen atoms in total. The molecule has 3 N–H and O–H groups in total. The first kappa shape index (κ1) is 49.9. The Morgan fingerprint density at radius 2 is 1.50 bits per heavy atom. The molecule has 3 aromatic rings. The number of carbonyl (C=O) groups is 3. The van der Waals surface area contributed by atoms with Crippen LogP contribution in [-0.4, -0.2) is 55.9 Å². The summed E-state index contributed by atoms with van der Waals surface area (Å²) in [5.74, 6) is -0.210. The SMILES string of the molecule is CC(C)[Si](Oc1cc(CCNC(=O)C[C@H](CCCCNC(=O)OC(C)(C)C)NC(=O)CCc2ccc(F)c([N+](=O)[O-])c2)cc(Br)c1OCc1ccccc1)(C(C)C)C(C)C. The molecule has 15 heteroatoms. The third-order valence-electron chi connectivity index (χ3n) is 10.3. The highest BCUT2D eigenvalue weighted by Gasteiger charge is 2.47. The summed E-state index contributed by atoms with van der Waals surface area (Å²) >= 11 is 3.77. The van der Waals surface area contributed by atoms with Gasteiger partial charge in [0.25, 0.3) is 8.32 Å². The lowest BCUT2D eigenvalue weighted by Crippen LogP contribution is -2.50. The van der Waals surface area contributed by atoms with Crippen molar-refractivity contribution in [1.82, 2.24) is 16.0 Å². The van der Waals surface area contributed by atoms with Crippen molar-refractivity contribution in [1.29, 1.82) is 0 Å². The number of nitrogens with one attached hydrogen (secondary N) is 3. The van der Waals surface area contributed by atoms with Crippen molar-refractivity contribution in [2.45, 2.75) is 142 Å². The Hall–Kier alpha value is -4.50. The van der Waals surface area contributed by atoms with E-state index in [2.05, 4.69) is 73.4 Å². The van der Waals surface area contributed by atoms with Gasteiger partial charge in [0.2, 0.25) is 17.6 Å². The van der Waals surface area contributed by atoms with E-state index >= 15 is 0 Å². The molecule has 0 aliphatic carbocycles. The monoisotopic (exact) mass is 914 g/mol. The maximum Gasteiger partial charge on any atom is 0.407 e. The Morgan fingerprint density at radius 1 is 0.833 bits per heavy atom. The second kappa shape index (κ2) is 23.5. The third kappa shape index (κ3) is 15.8. The van der Waals surface area contributed by atoms with Gasteiger partial charge in [-0.05, 0) is 120 Å². The fraction of sp³-hybridized carbons (Fsp3) is 0.533. The molecule has 0 unspecified atom stereocenters. The van der Waals surface area contributed by atoms with Gasteiger partial charge >= 0.3 is 11.8 Å². The number of halogens is 2. The molecule has 0 heterocycles. The van der Waals surface area contributed by atoms with Gasteiger partial charge in [-0.3, -0.25) is 19.7 Å². The molecule has 0 spiro atoms. The molecule has 0 aliphatic rings. The summed E-state index contributed by atoms with van der Waals surface area (Å²) in [6, 6.07) is 17.0. The molecule has 330 valence electrons. The average molecular weight is 916 g/mol. The van der Waals surface area contributed by atoms with Crippen LogP contribution in [0.4, 0.5) is 14.9 Å². The van der Waals surface area contributed by atoms with Crippen molar-refractivity contribution in [3.8, 4) is 11.5 Å². The van der Waals surface area contributed by atoms with Crippen LogP contribution in [0.5, 0.6) is 11.5 Å². The van der Waals surface area contributed by atoms with E-state index in [0.29, 0.717) is 79.1 Å². The van der Waals surface area contributed by atoms with Crippen LogP contribution in [-0.2, 0) is 33.8 Å². The van der Waals surface area contributed by atoms with Gasteiger partial charge in [-0.1, -0.05) is 77.9 Å². The lowest BCUT2D eigenvalue weighted by molar-refractivity contribution is -0.387.